The minimum absolute atomic E-state index is 0.190. The van der Waals surface area contributed by atoms with Crippen LogP contribution in [0, 0.1) is 29.4 Å². The van der Waals surface area contributed by atoms with E-state index in [1.54, 1.807) is 18.2 Å². The van der Waals surface area contributed by atoms with Gasteiger partial charge in [0.25, 0.3) is 0 Å². The normalized spacial score (nSPS) is 16.0. The molecule has 0 radical (unpaired) electrons. The molecule has 122 valence electrons. The third kappa shape index (κ3) is 3.74. The van der Waals surface area contributed by atoms with Gasteiger partial charge in [0.2, 0.25) is 0 Å². The Morgan fingerprint density at radius 2 is 1.88 bits per heavy atom. The molecule has 0 N–H and O–H groups in total. The summed E-state index contributed by atoms with van der Waals surface area (Å²) in [5.74, 6) is 5.92. The first-order chi connectivity index (χ1) is 11.7. The highest BCUT2D eigenvalue weighted by atomic mass is 19.1. The van der Waals surface area contributed by atoms with Crippen molar-refractivity contribution < 1.29 is 8.78 Å². The summed E-state index contributed by atoms with van der Waals surface area (Å²) in [7, 11) is 0. The van der Waals surface area contributed by atoms with Crippen LogP contribution in [0.3, 0.4) is 0 Å². The second-order valence-electron chi connectivity index (χ2n) is 6.30. The van der Waals surface area contributed by atoms with Crippen molar-refractivity contribution in [1.82, 2.24) is 0 Å². The average molecular weight is 322 g/mol. The molecule has 2 heteroatoms. The van der Waals surface area contributed by atoms with Crippen LogP contribution in [0.4, 0.5) is 8.78 Å². The van der Waals surface area contributed by atoms with Crippen molar-refractivity contribution in [3.05, 3.63) is 82.9 Å². The van der Waals surface area contributed by atoms with Gasteiger partial charge in [-0.1, -0.05) is 24.0 Å². The summed E-state index contributed by atoms with van der Waals surface area (Å²) in [6, 6.07) is 9.69. The highest BCUT2D eigenvalue weighted by Gasteiger charge is 2.21. The number of benzene rings is 2. The second kappa shape index (κ2) is 7.45. The molecule has 0 heterocycles. The Bertz CT molecular complexity index is 791. The Labute approximate surface area is 142 Å². The lowest BCUT2D eigenvalue weighted by Gasteiger charge is -2.25. The molecule has 0 saturated heterocycles. The third-order valence-electron chi connectivity index (χ3n) is 4.62. The summed E-state index contributed by atoms with van der Waals surface area (Å²) >= 11 is 0. The molecule has 0 fully saturated rings. The van der Waals surface area contributed by atoms with E-state index in [-0.39, 0.29) is 11.6 Å². The first-order valence-corrected chi connectivity index (χ1v) is 8.36. The Balaban J connectivity index is 1.81. The third-order valence-corrected chi connectivity index (χ3v) is 4.62. The van der Waals surface area contributed by atoms with Gasteiger partial charge >= 0.3 is 0 Å². The van der Waals surface area contributed by atoms with Crippen molar-refractivity contribution in [2.75, 3.05) is 0 Å². The number of halogens is 2. The minimum atomic E-state index is -0.300. The Morgan fingerprint density at radius 1 is 1.08 bits per heavy atom. The summed E-state index contributed by atoms with van der Waals surface area (Å²) in [6.07, 6.45) is 6.82. The van der Waals surface area contributed by atoms with Gasteiger partial charge in [-0.05, 0) is 79.5 Å². The molecule has 0 spiro atoms. The average Bonchev–Trinajstić information content (AvgIpc) is 2.61. The zero-order valence-corrected chi connectivity index (χ0v) is 13.6. The van der Waals surface area contributed by atoms with Gasteiger partial charge in [0.15, 0.2) is 0 Å². The molecule has 2 aromatic rings. The zero-order chi connectivity index (χ0) is 16.9. The van der Waals surface area contributed by atoms with E-state index in [9.17, 15) is 8.78 Å². The van der Waals surface area contributed by atoms with E-state index in [0.717, 1.165) is 43.2 Å². The molecule has 1 aliphatic rings. The first kappa shape index (κ1) is 16.5. The fraction of sp³-hybridized carbons (Fsp3) is 0.273. The molecule has 3 rings (SSSR count). The standard InChI is InChI=1S/C22H20F2/c1-2-3-4-17-8-14-21-19(15-17)11-10-18(22(21)24)9-5-16-6-12-20(23)13-7-16/h2,6-7,10-13,17H,1,3-4,8,14-15H2. The Hall–Kier alpha value is -2.40. The predicted octanol–water partition coefficient (Wildman–Crippen LogP) is 5.44. The lowest BCUT2D eigenvalue weighted by Crippen LogP contribution is -2.16. The van der Waals surface area contributed by atoms with Gasteiger partial charge in [0, 0.05) is 5.56 Å². The highest BCUT2D eigenvalue weighted by Crippen LogP contribution is 2.31. The van der Waals surface area contributed by atoms with Gasteiger partial charge in [-0.2, -0.15) is 0 Å². The van der Waals surface area contributed by atoms with Crippen LogP contribution in [0.25, 0.3) is 0 Å². The van der Waals surface area contributed by atoms with Crippen LogP contribution >= 0.6 is 0 Å². The molecule has 2 aromatic carbocycles. The van der Waals surface area contributed by atoms with Crippen molar-refractivity contribution in [1.29, 1.82) is 0 Å². The van der Waals surface area contributed by atoms with Gasteiger partial charge in [0.05, 0.1) is 5.56 Å². The maximum Gasteiger partial charge on any atom is 0.142 e. The van der Waals surface area contributed by atoms with E-state index in [2.05, 4.69) is 18.4 Å². The minimum Gasteiger partial charge on any atom is -0.207 e. The summed E-state index contributed by atoms with van der Waals surface area (Å²) in [4.78, 5) is 0. The van der Waals surface area contributed by atoms with Crippen molar-refractivity contribution in [2.24, 2.45) is 5.92 Å². The number of rotatable bonds is 3. The molecular formula is C22H20F2. The van der Waals surface area contributed by atoms with Crippen molar-refractivity contribution >= 4 is 0 Å². The molecule has 24 heavy (non-hydrogen) atoms. The van der Waals surface area contributed by atoms with Gasteiger partial charge in [-0.3, -0.25) is 0 Å². The van der Waals surface area contributed by atoms with Gasteiger partial charge in [0.1, 0.15) is 11.6 Å². The maximum absolute atomic E-state index is 14.7. The quantitative estimate of drug-likeness (QED) is 0.522. The van der Waals surface area contributed by atoms with E-state index in [1.165, 1.54) is 12.1 Å². The number of fused-ring (bicyclic) bond motifs is 1. The molecule has 0 amide bonds. The predicted molar refractivity (Wildman–Crippen MR) is 93.7 cm³/mol. The second-order valence-corrected chi connectivity index (χ2v) is 6.30. The Morgan fingerprint density at radius 3 is 2.62 bits per heavy atom. The Kier molecular flexibility index (Phi) is 5.11. The van der Waals surface area contributed by atoms with Gasteiger partial charge in [-0.25, -0.2) is 8.78 Å². The molecule has 1 unspecified atom stereocenters. The molecule has 1 aliphatic carbocycles. The van der Waals surface area contributed by atoms with Crippen molar-refractivity contribution in [3.63, 3.8) is 0 Å². The van der Waals surface area contributed by atoms with E-state index < -0.39 is 0 Å². The fourth-order valence-corrected chi connectivity index (χ4v) is 3.25. The van der Waals surface area contributed by atoms with Crippen LogP contribution in [-0.2, 0) is 12.8 Å². The number of allylic oxidation sites excluding steroid dienone is 1. The van der Waals surface area contributed by atoms with Gasteiger partial charge in [-0.15, -0.1) is 6.58 Å². The molecule has 1 atom stereocenters. The maximum atomic E-state index is 14.7. The van der Waals surface area contributed by atoms with E-state index >= 15 is 0 Å². The zero-order valence-electron chi connectivity index (χ0n) is 13.6. The van der Waals surface area contributed by atoms with Crippen LogP contribution in [0.2, 0.25) is 0 Å². The molecule has 0 nitrogen and oxygen atoms in total. The summed E-state index contributed by atoms with van der Waals surface area (Å²) < 4.78 is 27.6. The number of hydrogen-bond donors (Lipinski definition) is 0. The highest BCUT2D eigenvalue weighted by molar-refractivity contribution is 5.47. The van der Waals surface area contributed by atoms with Crippen molar-refractivity contribution in [2.45, 2.75) is 32.1 Å². The molecule has 0 aliphatic heterocycles. The monoisotopic (exact) mass is 322 g/mol. The lowest BCUT2D eigenvalue weighted by molar-refractivity contribution is 0.421. The van der Waals surface area contributed by atoms with Crippen molar-refractivity contribution in [3.8, 4) is 11.8 Å². The summed E-state index contributed by atoms with van der Waals surface area (Å²) in [6.45, 7) is 3.77. The van der Waals surface area contributed by atoms with Crippen LogP contribution in [0.5, 0.6) is 0 Å². The van der Waals surface area contributed by atoms with Crippen LogP contribution in [0.15, 0.2) is 49.1 Å². The van der Waals surface area contributed by atoms with Crippen LogP contribution < -0.4 is 0 Å². The molecular weight excluding hydrogens is 302 g/mol. The fourth-order valence-electron chi connectivity index (χ4n) is 3.25. The SMILES string of the molecule is C=CCCC1CCc2c(ccc(C#Cc3ccc(F)cc3)c2F)C1. The van der Waals surface area contributed by atoms with E-state index in [1.807, 2.05) is 12.1 Å². The van der Waals surface area contributed by atoms with Gasteiger partial charge < -0.3 is 0 Å². The summed E-state index contributed by atoms with van der Waals surface area (Å²) in [5.41, 5.74) is 3.02. The molecule has 0 saturated carbocycles. The molecule has 0 bridgehead atoms. The molecule has 0 aromatic heterocycles. The van der Waals surface area contributed by atoms with Crippen LogP contribution in [-0.4, -0.2) is 0 Å². The van der Waals surface area contributed by atoms with Crippen LogP contribution in [0.1, 0.15) is 41.5 Å². The smallest absolute Gasteiger partial charge is 0.142 e. The first-order valence-electron chi connectivity index (χ1n) is 8.36. The van der Waals surface area contributed by atoms with E-state index in [0.29, 0.717) is 17.0 Å². The van der Waals surface area contributed by atoms with E-state index in [4.69, 9.17) is 0 Å². The largest absolute Gasteiger partial charge is 0.207 e. The topological polar surface area (TPSA) is 0 Å². The summed E-state index contributed by atoms with van der Waals surface area (Å²) in [5, 5.41) is 0. The lowest BCUT2D eigenvalue weighted by atomic mass is 9.81. The number of hydrogen-bond acceptors (Lipinski definition) is 0.